The maximum atomic E-state index is 12.9. The van der Waals surface area contributed by atoms with Crippen LogP contribution in [-0.4, -0.2) is 38.6 Å². The number of hydrogen-bond donors (Lipinski definition) is 1. The molecule has 1 aliphatic rings. The number of nitrogens with one attached hydrogen (secondary N) is 1. The normalized spacial score (nSPS) is 13.2. The van der Waals surface area contributed by atoms with Crippen LogP contribution < -0.4 is 10.2 Å². The smallest absolute Gasteiger partial charge is 0.258 e. The van der Waals surface area contributed by atoms with Gasteiger partial charge in [0.25, 0.3) is 11.8 Å². The Kier molecular flexibility index (Phi) is 6.48. The highest BCUT2D eigenvalue weighted by Gasteiger charge is 2.24. The molecule has 0 atom stereocenters. The molecule has 6 heteroatoms. The topological polar surface area (TPSA) is 58.6 Å². The van der Waals surface area contributed by atoms with Gasteiger partial charge < -0.3 is 15.0 Å². The Balaban J connectivity index is 1.76. The molecule has 0 radical (unpaired) electrons. The Labute approximate surface area is 164 Å². The number of aryl methyl sites for hydroxylation is 1. The molecule has 2 amide bonds. The fourth-order valence-corrected chi connectivity index (χ4v) is 3.44. The quantitative estimate of drug-likeness (QED) is 0.770. The Hall–Kier alpha value is -2.37. The molecule has 5 nitrogen and oxygen atoms in total. The Bertz CT molecular complexity index is 838. The highest BCUT2D eigenvalue weighted by atomic mass is 35.5. The number of anilines is 1. The predicted molar refractivity (Wildman–Crippen MR) is 107 cm³/mol. The summed E-state index contributed by atoms with van der Waals surface area (Å²) < 4.78 is 4.98. The van der Waals surface area contributed by atoms with E-state index in [1.54, 1.807) is 42.3 Å². The van der Waals surface area contributed by atoms with Gasteiger partial charge in [0.15, 0.2) is 0 Å². The van der Waals surface area contributed by atoms with E-state index in [-0.39, 0.29) is 11.8 Å². The number of carbonyl (C=O) groups excluding carboxylic acids is 2. The van der Waals surface area contributed by atoms with Gasteiger partial charge in [-0.2, -0.15) is 0 Å². The summed E-state index contributed by atoms with van der Waals surface area (Å²) in [6.45, 7) is 1.84. The van der Waals surface area contributed by atoms with Crippen molar-refractivity contribution in [3.05, 3.63) is 64.2 Å². The summed E-state index contributed by atoms with van der Waals surface area (Å²) in [6.07, 6.45) is 2.48. The zero-order chi connectivity index (χ0) is 19.2. The molecule has 2 aromatic carbocycles. The second-order valence-electron chi connectivity index (χ2n) is 6.52. The third-order valence-corrected chi connectivity index (χ3v) is 4.82. The average Bonchev–Trinajstić information content (AvgIpc) is 2.69. The van der Waals surface area contributed by atoms with E-state index >= 15 is 0 Å². The van der Waals surface area contributed by atoms with E-state index in [9.17, 15) is 9.59 Å². The van der Waals surface area contributed by atoms with Crippen LogP contribution in [0.3, 0.4) is 0 Å². The van der Waals surface area contributed by atoms with Crippen molar-refractivity contribution in [2.75, 3.05) is 31.7 Å². The van der Waals surface area contributed by atoms with E-state index < -0.39 is 0 Å². The van der Waals surface area contributed by atoms with Crippen LogP contribution in [-0.2, 0) is 11.2 Å². The standard InChI is InChI=1S/C21H23ClN2O3/c1-27-12-4-10-23-20(25)16-8-9-19-15(13-16)6-3-11-24(19)21(26)17-5-2-7-18(22)14-17/h2,5,7-9,13-14H,3-4,6,10-12H2,1H3,(H,23,25). The van der Waals surface area contributed by atoms with Gasteiger partial charge in [0.1, 0.15) is 0 Å². The number of rotatable bonds is 6. The molecule has 1 heterocycles. The third kappa shape index (κ3) is 4.67. The van der Waals surface area contributed by atoms with Crippen LogP contribution in [0.2, 0.25) is 5.02 Å². The lowest BCUT2D eigenvalue weighted by Gasteiger charge is -2.30. The molecule has 0 aliphatic carbocycles. The molecule has 0 saturated heterocycles. The van der Waals surface area contributed by atoms with Crippen molar-refractivity contribution in [1.82, 2.24) is 5.32 Å². The molecule has 1 aliphatic heterocycles. The summed E-state index contributed by atoms with van der Waals surface area (Å²) >= 11 is 6.02. The van der Waals surface area contributed by atoms with Crippen LogP contribution in [0.5, 0.6) is 0 Å². The van der Waals surface area contributed by atoms with E-state index in [1.807, 2.05) is 12.1 Å². The highest BCUT2D eigenvalue weighted by Crippen LogP contribution is 2.29. The van der Waals surface area contributed by atoms with Crippen molar-refractivity contribution < 1.29 is 14.3 Å². The van der Waals surface area contributed by atoms with Gasteiger partial charge in [-0.25, -0.2) is 0 Å². The number of methoxy groups -OCH3 is 1. The van der Waals surface area contributed by atoms with Crippen molar-refractivity contribution in [2.45, 2.75) is 19.3 Å². The van der Waals surface area contributed by atoms with Gasteiger partial charge in [-0.05, 0) is 61.2 Å². The van der Waals surface area contributed by atoms with Crippen molar-refractivity contribution in [2.24, 2.45) is 0 Å². The largest absolute Gasteiger partial charge is 0.385 e. The van der Waals surface area contributed by atoms with E-state index in [4.69, 9.17) is 16.3 Å². The van der Waals surface area contributed by atoms with Crippen molar-refractivity contribution >= 4 is 29.1 Å². The summed E-state index contributed by atoms with van der Waals surface area (Å²) in [7, 11) is 1.64. The van der Waals surface area contributed by atoms with Gasteiger partial charge >= 0.3 is 0 Å². The number of halogens is 1. The molecular weight excluding hydrogens is 364 g/mol. The molecule has 142 valence electrons. The second-order valence-corrected chi connectivity index (χ2v) is 6.95. The maximum absolute atomic E-state index is 12.9. The highest BCUT2D eigenvalue weighted by molar-refractivity contribution is 6.31. The molecule has 0 saturated carbocycles. The third-order valence-electron chi connectivity index (χ3n) is 4.59. The minimum absolute atomic E-state index is 0.0739. The minimum atomic E-state index is -0.104. The first-order valence-corrected chi connectivity index (χ1v) is 9.45. The van der Waals surface area contributed by atoms with E-state index in [0.717, 1.165) is 30.5 Å². The molecule has 0 bridgehead atoms. The number of hydrogen-bond acceptors (Lipinski definition) is 3. The summed E-state index contributed by atoms with van der Waals surface area (Å²) in [5, 5.41) is 3.43. The Morgan fingerprint density at radius 1 is 1.19 bits per heavy atom. The molecule has 0 fully saturated rings. The monoisotopic (exact) mass is 386 g/mol. The van der Waals surface area contributed by atoms with Crippen LogP contribution in [0.1, 0.15) is 39.1 Å². The molecular formula is C21H23ClN2O3. The Morgan fingerprint density at radius 3 is 2.81 bits per heavy atom. The SMILES string of the molecule is COCCCNC(=O)c1ccc2c(c1)CCCN2C(=O)c1cccc(Cl)c1. The minimum Gasteiger partial charge on any atom is -0.385 e. The summed E-state index contributed by atoms with van der Waals surface area (Å²) in [5.41, 5.74) is 3.06. The average molecular weight is 387 g/mol. The van der Waals surface area contributed by atoms with Gasteiger partial charge in [-0.1, -0.05) is 17.7 Å². The van der Waals surface area contributed by atoms with Crippen LogP contribution in [0.15, 0.2) is 42.5 Å². The molecule has 0 aromatic heterocycles. The van der Waals surface area contributed by atoms with E-state index in [1.165, 1.54) is 0 Å². The van der Waals surface area contributed by atoms with Gasteiger partial charge in [0, 0.05) is 48.6 Å². The predicted octanol–water partition coefficient (Wildman–Crippen LogP) is 3.70. The molecule has 0 unspecified atom stereocenters. The number of ether oxygens (including phenoxy) is 1. The zero-order valence-electron chi connectivity index (χ0n) is 15.3. The number of carbonyl (C=O) groups is 2. The van der Waals surface area contributed by atoms with Crippen LogP contribution in [0, 0.1) is 0 Å². The number of fused-ring (bicyclic) bond motifs is 1. The lowest BCUT2D eigenvalue weighted by atomic mass is 9.98. The van der Waals surface area contributed by atoms with Crippen molar-refractivity contribution in [1.29, 1.82) is 0 Å². The fraction of sp³-hybridized carbons (Fsp3) is 0.333. The van der Waals surface area contributed by atoms with Gasteiger partial charge in [0.2, 0.25) is 0 Å². The van der Waals surface area contributed by atoms with Gasteiger partial charge in [-0.3, -0.25) is 9.59 Å². The summed E-state index contributed by atoms with van der Waals surface area (Å²) in [5.74, 6) is -0.178. The fourth-order valence-electron chi connectivity index (χ4n) is 3.25. The lowest BCUT2D eigenvalue weighted by Crippen LogP contribution is -2.35. The zero-order valence-corrected chi connectivity index (χ0v) is 16.1. The first-order valence-electron chi connectivity index (χ1n) is 9.07. The molecule has 3 rings (SSSR count). The van der Waals surface area contributed by atoms with Crippen molar-refractivity contribution in [3.8, 4) is 0 Å². The second kappa shape index (κ2) is 9.02. The number of amides is 2. The van der Waals surface area contributed by atoms with Gasteiger partial charge in [-0.15, -0.1) is 0 Å². The van der Waals surface area contributed by atoms with E-state index in [2.05, 4.69) is 5.32 Å². The van der Waals surface area contributed by atoms with Crippen molar-refractivity contribution in [3.63, 3.8) is 0 Å². The number of benzene rings is 2. The van der Waals surface area contributed by atoms with Crippen LogP contribution >= 0.6 is 11.6 Å². The van der Waals surface area contributed by atoms with E-state index in [0.29, 0.717) is 35.8 Å². The molecule has 0 spiro atoms. The maximum Gasteiger partial charge on any atom is 0.258 e. The Morgan fingerprint density at radius 2 is 2.04 bits per heavy atom. The first kappa shape index (κ1) is 19.4. The molecule has 1 N–H and O–H groups in total. The van der Waals surface area contributed by atoms with Gasteiger partial charge in [0.05, 0.1) is 0 Å². The number of nitrogens with zero attached hydrogens (tertiary/aromatic N) is 1. The van der Waals surface area contributed by atoms with Crippen LogP contribution in [0.4, 0.5) is 5.69 Å². The molecule has 2 aromatic rings. The molecule has 27 heavy (non-hydrogen) atoms. The summed E-state index contributed by atoms with van der Waals surface area (Å²) in [6, 6.07) is 12.5. The lowest BCUT2D eigenvalue weighted by molar-refractivity contribution is 0.0947. The summed E-state index contributed by atoms with van der Waals surface area (Å²) in [4.78, 5) is 27.0. The first-order chi connectivity index (χ1) is 13.1. The van der Waals surface area contributed by atoms with Crippen LogP contribution in [0.25, 0.3) is 0 Å².